The monoisotopic (exact) mass is 378 g/mol. The maximum atomic E-state index is 13.0. The highest BCUT2D eigenvalue weighted by Crippen LogP contribution is 2.26. The first kappa shape index (κ1) is 19.1. The van der Waals surface area contributed by atoms with Crippen molar-refractivity contribution >= 4 is 28.4 Å². The van der Waals surface area contributed by atoms with Crippen LogP contribution in [0.15, 0.2) is 65.1 Å². The summed E-state index contributed by atoms with van der Waals surface area (Å²) in [6, 6.07) is 13.1. The standard InChI is InChI=1S/C22H22N2O2S/c1-5-12-24-21(26)17-8-6-7-9-19(17)23-22(24)27-16(4)20(25)18-13-14(2)10-11-15(18)3/h5-11,13,16H,1,12H2,2-4H3/t16-/m0/s1. The Labute approximate surface area is 162 Å². The number of aromatic nitrogens is 2. The molecule has 0 unspecified atom stereocenters. The molecule has 0 aliphatic heterocycles. The predicted molar refractivity (Wildman–Crippen MR) is 112 cm³/mol. The van der Waals surface area contributed by atoms with Crippen LogP contribution in [0.4, 0.5) is 0 Å². The first-order valence-electron chi connectivity index (χ1n) is 8.81. The van der Waals surface area contributed by atoms with Crippen molar-refractivity contribution in [2.75, 3.05) is 0 Å². The fraction of sp³-hybridized carbons (Fsp3) is 0.227. The lowest BCUT2D eigenvalue weighted by atomic mass is 10.0. The predicted octanol–water partition coefficient (Wildman–Crippen LogP) is 4.56. The molecule has 3 rings (SSSR count). The Bertz CT molecular complexity index is 1090. The van der Waals surface area contributed by atoms with Gasteiger partial charge >= 0.3 is 0 Å². The molecule has 5 heteroatoms. The molecule has 3 aromatic rings. The molecule has 0 aliphatic carbocycles. The van der Waals surface area contributed by atoms with E-state index in [1.807, 2.05) is 57.2 Å². The Morgan fingerprint density at radius 1 is 1.26 bits per heavy atom. The van der Waals surface area contributed by atoms with E-state index in [4.69, 9.17) is 0 Å². The van der Waals surface area contributed by atoms with Crippen molar-refractivity contribution in [3.05, 3.63) is 82.2 Å². The third kappa shape index (κ3) is 3.88. The molecule has 1 atom stereocenters. The zero-order valence-corrected chi connectivity index (χ0v) is 16.5. The highest BCUT2D eigenvalue weighted by atomic mass is 32.2. The van der Waals surface area contributed by atoms with Crippen molar-refractivity contribution in [3.8, 4) is 0 Å². The van der Waals surface area contributed by atoms with Crippen molar-refractivity contribution in [1.82, 2.24) is 9.55 Å². The Kier molecular flexibility index (Phi) is 5.61. The van der Waals surface area contributed by atoms with Crippen molar-refractivity contribution in [2.24, 2.45) is 0 Å². The number of benzene rings is 2. The van der Waals surface area contributed by atoms with Gasteiger partial charge in [0.25, 0.3) is 5.56 Å². The highest BCUT2D eigenvalue weighted by Gasteiger charge is 2.21. The lowest BCUT2D eigenvalue weighted by Gasteiger charge is -2.16. The van der Waals surface area contributed by atoms with Crippen LogP contribution < -0.4 is 5.56 Å². The first-order valence-corrected chi connectivity index (χ1v) is 9.69. The summed E-state index contributed by atoms with van der Waals surface area (Å²) in [4.78, 5) is 30.5. The number of hydrogen-bond acceptors (Lipinski definition) is 4. The second kappa shape index (κ2) is 7.92. The van der Waals surface area contributed by atoms with E-state index in [2.05, 4.69) is 11.6 Å². The molecule has 1 heterocycles. The van der Waals surface area contributed by atoms with Gasteiger partial charge in [-0.15, -0.1) is 6.58 Å². The van der Waals surface area contributed by atoms with Crippen LogP contribution >= 0.6 is 11.8 Å². The molecule has 0 N–H and O–H groups in total. The Morgan fingerprint density at radius 2 is 2.00 bits per heavy atom. The van der Waals surface area contributed by atoms with Gasteiger partial charge in [-0.2, -0.15) is 0 Å². The van der Waals surface area contributed by atoms with Crippen molar-refractivity contribution in [1.29, 1.82) is 0 Å². The van der Waals surface area contributed by atoms with Gasteiger partial charge in [0.1, 0.15) is 0 Å². The van der Waals surface area contributed by atoms with E-state index in [1.165, 1.54) is 11.8 Å². The maximum absolute atomic E-state index is 13.0. The SMILES string of the molecule is C=CCn1c(S[C@@H](C)C(=O)c2cc(C)ccc2C)nc2ccccc2c1=O. The molecule has 0 bridgehead atoms. The third-order valence-electron chi connectivity index (χ3n) is 4.45. The third-order valence-corrected chi connectivity index (χ3v) is 5.54. The first-order chi connectivity index (χ1) is 12.9. The second-order valence-electron chi connectivity index (χ2n) is 6.56. The van der Waals surface area contributed by atoms with E-state index in [1.54, 1.807) is 16.7 Å². The van der Waals surface area contributed by atoms with Crippen LogP contribution in [0.25, 0.3) is 10.9 Å². The van der Waals surface area contributed by atoms with Crippen molar-refractivity contribution in [2.45, 2.75) is 37.7 Å². The van der Waals surface area contributed by atoms with E-state index < -0.39 is 0 Å². The van der Waals surface area contributed by atoms with E-state index >= 15 is 0 Å². The largest absolute Gasteiger partial charge is 0.293 e. The second-order valence-corrected chi connectivity index (χ2v) is 7.87. The lowest BCUT2D eigenvalue weighted by molar-refractivity contribution is 0.0993. The van der Waals surface area contributed by atoms with Crippen LogP contribution in [0.2, 0.25) is 0 Å². The van der Waals surface area contributed by atoms with Crippen LogP contribution in [-0.2, 0) is 6.54 Å². The molecule has 0 aliphatic rings. The van der Waals surface area contributed by atoms with E-state index in [9.17, 15) is 9.59 Å². The number of rotatable bonds is 6. The summed E-state index contributed by atoms with van der Waals surface area (Å²) in [5.41, 5.74) is 3.24. The minimum Gasteiger partial charge on any atom is -0.293 e. The normalized spacial score (nSPS) is 12.1. The molecule has 0 saturated carbocycles. The van der Waals surface area contributed by atoms with Crippen LogP contribution in [0.3, 0.4) is 0 Å². The number of fused-ring (bicyclic) bond motifs is 1. The van der Waals surface area contributed by atoms with E-state index in [0.717, 1.165) is 11.1 Å². The molecule has 27 heavy (non-hydrogen) atoms. The average molecular weight is 378 g/mol. The van der Waals surface area contributed by atoms with E-state index in [-0.39, 0.29) is 16.6 Å². The zero-order valence-electron chi connectivity index (χ0n) is 15.7. The van der Waals surface area contributed by atoms with Crippen LogP contribution in [0.1, 0.15) is 28.4 Å². The quantitative estimate of drug-likeness (QED) is 0.273. The molecule has 2 aromatic carbocycles. The molecule has 0 fully saturated rings. The summed E-state index contributed by atoms with van der Waals surface area (Å²) in [6.07, 6.45) is 1.67. The summed E-state index contributed by atoms with van der Waals surface area (Å²) in [7, 11) is 0. The van der Waals surface area contributed by atoms with Gasteiger partial charge in [0, 0.05) is 12.1 Å². The number of allylic oxidation sites excluding steroid dienone is 1. The molecule has 0 amide bonds. The van der Waals surface area contributed by atoms with E-state index in [0.29, 0.717) is 28.2 Å². The topological polar surface area (TPSA) is 52.0 Å². The summed E-state index contributed by atoms with van der Waals surface area (Å²) in [5.74, 6) is 0.0359. The Morgan fingerprint density at radius 3 is 2.74 bits per heavy atom. The average Bonchev–Trinajstić information content (AvgIpc) is 2.66. The molecule has 4 nitrogen and oxygen atoms in total. The summed E-state index contributed by atoms with van der Waals surface area (Å²) >= 11 is 1.31. The maximum Gasteiger partial charge on any atom is 0.262 e. The number of nitrogens with zero attached hydrogens (tertiary/aromatic N) is 2. The van der Waals surface area contributed by atoms with Crippen molar-refractivity contribution < 1.29 is 4.79 Å². The molecular formula is C22H22N2O2S. The number of carbonyl (C=O) groups excluding carboxylic acids is 1. The van der Waals surface area contributed by atoms with Crippen molar-refractivity contribution in [3.63, 3.8) is 0 Å². The minimum atomic E-state index is -0.366. The molecule has 138 valence electrons. The molecule has 0 saturated heterocycles. The summed E-state index contributed by atoms with van der Waals surface area (Å²) in [6.45, 7) is 9.85. The van der Waals surface area contributed by atoms with Gasteiger partial charge < -0.3 is 0 Å². The summed E-state index contributed by atoms with van der Waals surface area (Å²) in [5, 5.41) is 0.733. The number of ketones is 1. The lowest BCUT2D eigenvalue weighted by Crippen LogP contribution is -2.24. The van der Waals surface area contributed by atoms with Crippen LogP contribution in [0.5, 0.6) is 0 Å². The smallest absolute Gasteiger partial charge is 0.262 e. The van der Waals surface area contributed by atoms with Crippen LogP contribution in [0, 0.1) is 13.8 Å². The number of hydrogen-bond donors (Lipinski definition) is 0. The molecule has 1 aromatic heterocycles. The molecule has 0 spiro atoms. The fourth-order valence-corrected chi connectivity index (χ4v) is 3.95. The summed E-state index contributed by atoms with van der Waals surface area (Å²) < 4.78 is 1.58. The Hall–Kier alpha value is -2.66. The van der Waals surface area contributed by atoms with Gasteiger partial charge in [0.15, 0.2) is 10.9 Å². The number of thioether (sulfide) groups is 1. The highest BCUT2D eigenvalue weighted by molar-refractivity contribution is 8.00. The fourth-order valence-electron chi connectivity index (χ4n) is 2.96. The van der Waals surface area contributed by atoms with Gasteiger partial charge in [0.2, 0.25) is 0 Å². The van der Waals surface area contributed by atoms with Crippen LogP contribution in [-0.4, -0.2) is 20.6 Å². The molecular weight excluding hydrogens is 356 g/mol. The van der Waals surface area contributed by atoms with Gasteiger partial charge in [-0.3, -0.25) is 14.2 Å². The number of Topliss-reactive ketones (excluding diaryl/α,β-unsaturated/α-hetero) is 1. The zero-order chi connectivity index (χ0) is 19.6. The molecule has 0 radical (unpaired) electrons. The van der Waals surface area contributed by atoms with Gasteiger partial charge in [-0.25, -0.2) is 4.98 Å². The minimum absolute atomic E-state index is 0.0359. The van der Waals surface area contributed by atoms with Gasteiger partial charge in [-0.05, 0) is 44.5 Å². The number of aryl methyl sites for hydroxylation is 2. The van der Waals surface area contributed by atoms with Gasteiger partial charge in [0.05, 0.1) is 16.2 Å². The van der Waals surface area contributed by atoms with Gasteiger partial charge in [-0.1, -0.05) is 47.7 Å². The number of para-hydroxylation sites is 1. The Balaban J connectivity index is 2.01. The number of carbonyl (C=O) groups is 1.